The number of pyridine rings is 1. The van der Waals surface area contributed by atoms with Crippen LogP contribution in [0.2, 0.25) is 5.02 Å². The molecule has 0 spiro atoms. The highest BCUT2D eigenvalue weighted by Crippen LogP contribution is 2.24. The van der Waals surface area contributed by atoms with Crippen LogP contribution in [0.25, 0.3) is 0 Å². The predicted octanol–water partition coefficient (Wildman–Crippen LogP) is 2.66. The summed E-state index contributed by atoms with van der Waals surface area (Å²) in [5, 5.41) is 20.8. The van der Waals surface area contributed by atoms with Gasteiger partial charge in [-0.1, -0.05) is 31.4 Å². The second-order valence-electron chi connectivity index (χ2n) is 3.81. The van der Waals surface area contributed by atoms with Crippen molar-refractivity contribution in [3.8, 4) is 6.07 Å². The Morgan fingerprint density at radius 1 is 1.72 bits per heavy atom. The van der Waals surface area contributed by atoms with Gasteiger partial charge in [-0.3, -0.25) is 0 Å². The quantitative estimate of drug-likeness (QED) is 0.827. The number of hydrogen-bond donors (Lipinski definition) is 2. The summed E-state index contributed by atoms with van der Waals surface area (Å²) >= 11 is 5.95. The van der Waals surface area contributed by atoms with Crippen molar-refractivity contribution in [2.75, 3.05) is 5.32 Å². The molecule has 0 amide bonds. The molecule has 1 heterocycles. The van der Waals surface area contributed by atoms with Gasteiger partial charge in [-0.25, -0.2) is 9.78 Å². The van der Waals surface area contributed by atoms with E-state index in [1.165, 1.54) is 12.3 Å². The Labute approximate surface area is 110 Å². The lowest BCUT2D eigenvalue weighted by atomic mass is 10.1. The molecule has 0 saturated carbocycles. The Morgan fingerprint density at radius 2 is 2.44 bits per heavy atom. The molecule has 0 radical (unpaired) electrons. The van der Waals surface area contributed by atoms with Crippen molar-refractivity contribution in [1.29, 1.82) is 5.26 Å². The molecule has 1 aromatic rings. The van der Waals surface area contributed by atoms with Crippen LogP contribution in [0.3, 0.4) is 0 Å². The second kappa shape index (κ2) is 6.82. The standard InChI is InChI=1S/C12H14ClN3O2/c1-2-3-4-9(12(17)18)16-11-10(13)8(7-14)5-6-15-11/h5-6,9H,2-4H2,1H3,(H,15,16)(H,17,18). The smallest absolute Gasteiger partial charge is 0.326 e. The lowest BCUT2D eigenvalue weighted by molar-refractivity contribution is -0.138. The van der Waals surface area contributed by atoms with Crippen LogP contribution >= 0.6 is 11.6 Å². The third-order valence-electron chi connectivity index (χ3n) is 2.47. The van der Waals surface area contributed by atoms with Crippen molar-refractivity contribution in [2.45, 2.75) is 32.2 Å². The summed E-state index contributed by atoms with van der Waals surface area (Å²) in [7, 11) is 0. The molecule has 0 aliphatic carbocycles. The lowest BCUT2D eigenvalue weighted by Gasteiger charge is -2.15. The zero-order valence-electron chi connectivity index (χ0n) is 9.98. The molecule has 18 heavy (non-hydrogen) atoms. The van der Waals surface area contributed by atoms with E-state index in [2.05, 4.69) is 10.3 Å². The van der Waals surface area contributed by atoms with Gasteiger partial charge in [0.25, 0.3) is 0 Å². The third-order valence-corrected chi connectivity index (χ3v) is 2.85. The van der Waals surface area contributed by atoms with Crippen LogP contribution in [-0.2, 0) is 4.79 Å². The third kappa shape index (κ3) is 3.60. The highest BCUT2D eigenvalue weighted by atomic mass is 35.5. The molecule has 1 atom stereocenters. The molecule has 96 valence electrons. The van der Waals surface area contributed by atoms with Gasteiger partial charge in [-0.15, -0.1) is 0 Å². The molecule has 1 unspecified atom stereocenters. The van der Waals surface area contributed by atoms with Crippen molar-refractivity contribution in [2.24, 2.45) is 0 Å². The maximum absolute atomic E-state index is 11.1. The predicted molar refractivity (Wildman–Crippen MR) is 68.5 cm³/mol. The molecule has 0 saturated heterocycles. The first kappa shape index (κ1) is 14.3. The zero-order chi connectivity index (χ0) is 13.5. The highest BCUT2D eigenvalue weighted by molar-refractivity contribution is 6.34. The van der Waals surface area contributed by atoms with Crippen LogP contribution < -0.4 is 5.32 Å². The Hall–Kier alpha value is -1.80. The number of halogens is 1. The van der Waals surface area contributed by atoms with E-state index in [1.807, 2.05) is 13.0 Å². The molecule has 0 aliphatic heterocycles. The summed E-state index contributed by atoms with van der Waals surface area (Å²) in [4.78, 5) is 15.0. The summed E-state index contributed by atoms with van der Waals surface area (Å²) < 4.78 is 0. The molecule has 0 aliphatic rings. The zero-order valence-corrected chi connectivity index (χ0v) is 10.7. The van der Waals surface area contributed by atoms with Gasteiger partial charge < -0.3 is 10.4 Å². The summed E-state index contributed by atoms with van der Waals surface area (Å²) in [6.07, 6.45) is 3.61. The Balaban J connectivity index is 2.87. The van der Waals surface area contributed by atoms with Gasteiger partial charge in [0.15, 0.2) is 0 Å². The fourth-order valence-electron chi connectivity index (χ4n) is 1.46. The second-order valence-corrected chi connectivity index (χ2v) is 4.19. The number of nitrogens with one attached hydrogen (secondary N) is 1. The van der Waals surface area contributed by atoms with Crippen LogP contribution in [0.15, 0.2) is 12.3 Å². The number of nitrogens with zero attached hydrogens (tertiary/aromatic N) is 2. The number of nitriles is 1. The van der Waals surface area contributed by atoms with E-state index in [0.29, 0.717) is 6.42 Å². The van der Waals surface area contributed by atoms with Gasteiger partial charge in [0.05, 0.1) is 5.56 Å². The Morgan fingerprint density at radius 3 is 3.00 bits per heavy atom. The molecule has 1 rings (SSSR count). The van der Waals surface area contributed by atoms with E-state index >= 15 is 0 Å². The van der Waals surface area contributed by atoms with E-state index in [-0.39, 0.29) is 16.4 Å². The average Bonchev–Trinajstić information content (AvgIpc) is 2.36. The van der Waals surface area contributed by atoms with E-state index in [4.69, 9.17) is 22.0 Å². The lowest BCUT2D eigenvalue weighted by Crippen LogP contribution is -2.29. The van der Waals surface area contributed by atoms with E-state index in [9.17, 15) is 4.79 Å². The number of aliphatic carboxylic acids is 1. The van der Waals surface area contributed by atoms with Crippen LogP contribution in [-0.4, -0.2) is 22.1 Å². The molecule has 2 N–H and O–H groups in total. The minimum Gasteiger partial charge on any atom is -0.480 e. The summed E-state index contributed by atoms with van der Waals surface area (Å²) in [6, 6.07) is 2.66. The van der Waals surface area contributed by atoms with Crippen molar-refractivity contribution in [1.82, 2.24) is 4.98 Å². The van der Waals surface area contributed by atoms with E-state index < -0.39 is 12.0 Å². The maximum Gasteiger partial charge on any atom is 0.326 e. The fraction of sp³-hybridized carbons (Fsp3) is 0.417. The van der Waals surface area contributed by atoms with Gasteiger partial charge in [0.2, 0.25) is 0 Å². The number of hydrogen-bond acceptors (Lipinski definition) is 4. The van der Waals surface area contributed by atoms with Crippen molar-refractivity contribution in [3.63, 3.8) is 0 Å². The van der Waals surface area contributed by atoms with Gasteiger partial charge >= 0.3 is 5.97 Å². The minimum atomic E-state index is -0.955. The Bertz CT molecular complexity index is 471. The first-order valence-corrected chi connectivity index (χ1v) is 6.01. The van der Waals surface area contributed by atoms with Gasteiger partial charge in [0, 0.05) is 6.20 Å². The number of carbonyl (C=O) groups is 1. The molecule has 6 heteroatoms. The topological polar surface area (TPSA) is 86.0 Å². The normalized spacial score (nSPS) is 11.6. The molecule has 0 aromatic carbocycles. The van der Waals surface area contributed by atoms with E-state index in [1.54, 1.807) is 0 Å². The van der Waals surface area contributed by atoms with Crippen molar-refractivity contribution in [3.05, 3.63) is 22.8 Å². The fourth-order valence-corrected chi connectivity index (χ4v) is 1.67. The van der Waals surface area contributed by atoms with Crippen LogP contribution in [0.4, 0.5) is 5.82 Å². The summed E-state index contributed by atoms with van der Waals surface area (Å²) in [5.41, 5.74) is 0.272. The van der Waals surface area contributed by atoms with Crippen LogP contribution in [0, 0.1) is 11.3 Å². The largest absolute Gasteiger partial charge is 0.480 e. The SMILES string of the molecule is CCCCC(Nc1nccc(C#N)c1Cl)C(=O)O. The molecule has 5 nitrogen and oxygen atoms in total. The molecular weight excluding hydrogens is 254 g/mol. The number of anilines is 1. The monoisotopic (exact) mass is 267 g/mol. The molecule has 0 bridgehead atoms. The molecule has 0 fully saturated rings. The first-order valence-electron chi connectivity index (χ1n) is 5.64. The van der Waals surface area contributed by atoms with Crippen LogP contribution in [0.1, 0.15) is 31.7 Å². The van der Waals surface area contributed by atoms with E-state index in [0.717, 1.165) is 12.8 Å². The minimum absolute atomic E-state index is 0.155. The van der Waals surface area contributed by atoms with Crippen LogP contribution in [0.5, 0.6) is 0 Å². The average molecular weight is 268 g/mol. The highest BCUT2D eigenvalue weighted by Gasteiger charge is 2.19. The van der Waals surface area contributed by atoms with Gasteiger partial charge in [-0.2, -0.15) is 5.26 Å². The van der Waals surface area contributed by atoms with Gasteiger partial charge in [-0.05, 0) is 12.5 Å². The van der Waals surface area contributed by atoms with Crippen molar-refractivity contribution < 1.29 is 9.90 Å². The first-order chi connectivity index (χ1) is 8.60. The molecular formula is C12H14ClN3O2. The number of carboxylic acids is 1. The summed E-state index contributed by atoms with van der Waals surface area (Å²) in [5.74, 6) is -0.720. The van der Waals surface area contributed by atoms with Crippen molar-refractivity contribution >= 4 is 23.4 Å². The van der Waals surface area contributed by atoms with Gasteiger partial charge in [0.1, 0.15) is 23.0 Å². The summed E-state index contributed by atoms with van der Waals surface area (Å²) in [6.45, 7) is 1.99. The maximum atomic E-state index is 11.1. The number of unbranched alkanes of at least 4 members (excludes halogenated alkanes) is 1. The number of aromatic nitrogens is 1. The number of carboxylic acid groups (broad SMARTS) is 1. The number of rotatable bonds is 6. The Kier molecular flexibility index (Phi) is 5.40. The molecule has 1 aromatic heterocycles.